The molecule has 6 heteroatoms. The first kappa shape index (κ1) is 12.8. The van der Waals surface area contributed by atoms with Crippen LogP contribution in [0.25, 0.3) is 0 Å². The summed E-state index contributed by atoms with van der Waals surface area (Å²) in [5.41, 5.74) is 0.865. The fourth-order valence-electron chi connectivity index (χ4n) is 1.47. The van der Waals surface area contributed by atoms with E-state index in [0.29, 0.717) is 17.5 Å². The number of halogens is 2. The van der Waals surface area contributed by atoms with Crippen molar-refractivity contribution in [2.45, 2.75) is 0 Å². The Morgan fingerprint density at radius 1 is 1.28 bits per heavy atom. The van der Waals surface area contributed by atoms with Crippen molar-refractivity contribution in [1.82, 2.24) is 15.0 Å². The van der Waals surface area contributed by atoms with Crippen LogP contribution < -0.4 is 4.90 Å². The van der Waals surface area contributed by atoms with E-state index in [4.69, 9.17) is 23.2 Å². The van der Waals surface area contributed by atoms with Gasteiger partial charge in [-0.05, 0) is 29.8 Å². The summed E-state index contributed by atoms with van der Waals surface area (Å²) in [6, 6.07) is 7.39. The van der Waals surface area contributed by atoms with Gasteiger partial charge in [0.2, 0.25) is 11.2 Å². The van der Waals surface area contributed by atoms with Crippen molar-refractivity contribution < 1.29 is 0 Å². The Morgan fingerprint density at radius 3 is 2.78 bits per heavy atom. The van der Waals surface area contributed by atoms with E-state index in [-0.39, 0.29) is 5.28 Å². The predicted octanol–water partition coefficient (Wildman–Crippen LogP) is 3.50. The minimum atomic E-state index is 0.149. The van der Waals surface area contributed by atoms with Gasteiger partial charge >= 0.3 is 0 Å². The number of aromatic nitrogens is 3. The molecule has 1 aromatic carbocycles. The molecule has 1 aromatic heterocycles. The average Bonchev–Trinajstić information content (AvgIpc) is 2.36. The lowest BCUT2D eigenvalue weighted by molar-refractivity contribution is 0.951. The van der Waals surface area contributed by atoms with Crippen LogP contribution in [0.5, 0.6) is 0 Å². The van der Waals surface area contributed by atoms with Gasteiger partial charge in [0, 0.05) is 17.3 Å². The van der Waals surface area contributed by atoms with Gasteiger partial charge in [-0.1, -0.05) is 23.7 Å². The van der Waals surface area contributed by atoms with Crippen LogP contribution in [0.4, 0.5) is 11.6 Å². The summed E-state index contributed by atoms with van der Waals surface area (Å²) in [6.45, 7) is 4.26. The molecule has 2 aromatic rings. The zero-order valence-corrected chi connectivity index (χ0v) is 10.9. The molecular weight excluding hydrogens is 271 g/mol. The second-order valence-electron chi connectivity index (χ2n) is 3.43. The van der Waals surface area contributed by atoms with Crippen molar-refractivity contribution in [2.24, 2.45) is 0 Å². The molecule has 0 amide bonds. The molecule has 0 saturated heterocycles. The lowest BCUT2D eigenvalue weighted by Crippen LogP contribution is -2.19. The summed E-state index contributed by atoms with van der Waals surface area (Å²) in [7, 11) is 0. The summed E-state index contributed by atoms with van der Waals surface area (Å²) >= 11 is 11.7. The highest BCUT2D eigenvalue weighted by Crippen LogP contribution is 2.24. The number of anilines is 2. The Balaban J connectivity index is 2.42. The number of nitrogens with zero attached hydrogens (tertiary/aromatic N) is 4. The topological polar surface area (TPSA) is 41.9 Å². The molecule has 18 heavy (non-hydrogen) atoms. The van der Waals surface area contributed by atoms with E-state index in [1.54, 1.807) is 12.1 Å². The fraction of sp³-hybridized carbons (Fsp3) is 0.0833. The van der Waals surface area contributed by atoms with Crippen LogP contribution in [0.1, 0.15) is 0 Å². The highest BCUT2D eigenvalue weighted by molar-refractivity contribution is 6.30. The first-order valence-corrected chi connectivity index (χ1v) is 5.95. The van der Waals surface area contributed by atoms with E-state index in [2.05, 4.69) is 21.5 Å². The van der Waals surface area contributed by atoms with Gasteiger partial charge in [0.15, 0.2) is 0 Å². The maximum Gasteiger partial charge on any atom is 0.234 e. The van der Waals surface area contributed by atoms with Gasteiger partial charge < -0.3 is 4.90 Å². The van der Waals surface area contributed by atoms with Crippen LogP contribution in [0, 0.1) is 0 Å². The molecule has 2 rings (SSSR count). The second-order valence-corrected chi connectivity index (χ2v) is 4.21. The van der Waals surface area contributed by atoms with E-state index < -0.39 is 0 Å². The first-order chi connectivity index (χ1) is 8.70. The zero-order valence-electron chi connectivity index (χ0n) is 9.42. The van der Waals surface area contributed by atoms with Crippen molar-refractivity contribution in [3.63, 3.8) is 0 Å². The summed E-state index contributed by atoms with van der Waals surface area (Å²) in [5, 5.41) is 0.790. The monoisotopic (exact) mass is 280 g/mol. The van der Waals surface area contributed by atoms with E-state index >= 15 is 0 Å². The van der Waals surface area contributed by atoms with Gasteiger partial charge in [-0.2, -0.15) is 4.98 Å². The number of benzene rings is 1. The Morgan fingerprint density at radius 2 is 2.11 bits per heavy atom. The number of hydrogen-bond acceptors (Lipinski definition) is 4. The fourth-order valence-corrected chi connectivity index (χ4v) is 1.78. The summed E-state index contributed by atoms with van der Waals surface area (Å²) in [5.74, 6) is 0.456. The Labute approximate surface area is 115 Å². The van der Waals surface area contributed by atoms with E-state index in [0.717, 1.165) is 5.69 Å². The standard InChI is InChI=1S/C12H10Cl2N4/c1-2-6-18(10-5-3-4-9(13)7-10)12-16-8-15-11(14)17-12/h2-5,7-8H,1,6H2. The molecule has 0 saturated carbocycles. The predicted molar refractivity (Wildman–Crippen MR) is 73.5 cm³/mol. The quantitative estimate of drug-likeness (QED) is 0.804. The Bertz CT molecular complexity index is 514. The van der Waals surface area contributed by atoms with Crippen LogP contribution in [0.3, 0.4) is 0 Å². The molecule has 0 N–H and O–H groups in total. The molecule has 0 fully saturated rings. The molecule has 1 heterocycles. The van der Waals surface area contributed by atoms with Gasteiger partial charge in [-0.25, -0.2) is 9.97 Å². The van der Waals surface area contributed by atoms with Crippen LogP contribution in [0.15, 0.2) is 43.2 Å². The largest absolute Gasteiger partial charge is 0.307 e. The molecule has 0 spiro atoms. The summed E-state index contributed by atoms with van der Waals surface area (Å²) in [4.78, 5) is 13.8. The van der Waals surface area contributed by atoms with Crippen molar-refractivity contribution in [3.05, 3.63) is 53.6 Å². The van der Waals surface area contributed by atoms with Crippen molar-refractivity contribution in [2.75, 3.05) is 11.4 Å². The van der Waals surface area contributed by atoms with Crippen LogP contribution in [0.2, 0.25) is 10.3 Å². The third kappa shape index (κ3) is 2.97. The highest BCUT2D eigenvalue weighted by atomic mass is 35.5. The normalized spacial score (nSPS) is 10.1. The lowest BCUT2D eigenvalue weighted by atomic mass is 10.3. The van der Waals surface area contributed by atoms with Crippen molar-refractivity contribution in [3.8, 4) is 0 Å². The zero-order chi connectivity index (χ0) is 13.0. The molecular formula is C12H10Cl2N4. The minimum absolute atomic E-state index is 0.149. The average molecular weight is 281 g/mol. The lowest BCUT2D eigenvalue weighted by Gasteiger charge is -2.20. The van der Waals surface area contributed by atoms with E-state index in [1.165, 1.54) is 6.33 Å². The van der Waals surface area contributed by atoms with E-state index in [1.807, 2.05) is 23.1 Å². The number of rotatable bonds is 4. The maximum absolute atomic E-state index is 5.98. The third-order valence-corrected chi connectivity index (χ3v) is 2.62. The molecule has 4 nitrogen and oxygen atoms in total. The molecule has 0 aliphatic heterocycles. The smallest absolute Gasteiger partial charge is 0.234 e. The van der Waals surface area contributed by atoms with Crippen LogP contribution in [-0.2, 0) is 0 Å². The summed E-state index contributed by atoms with van der Waals surface area (Å²) in [6.07, 6.45) is 3.11. The van der Waals surface area contributed by atoms with Crippen LogP contribution >= 0.6 is 23.2 Å². The SMILES string of the molecule is C=CCN(c1cccc(Cl)c1)c1ncnc(Cl)n1. The van der Waals surface area contributed by atoms with E-state index in [9.17, 15) is 0 Å². The first-order valence-electron chi connectivity index (χ1n) is 5.19. The van der Waals surface area contributed by atoms with Crippen LogP contribution in [-0.4, -0.2) is 21.5 Å². The Hall–Kier alpha value is -1.65. The minimum Gasteiger partial charge on any atom is -0.307 e. The molecule has 0 bridgehead atoms. The third-order valence-electron chi connectivity index (χ3n) is 2.20. The molecule has 92 valence electrons. The molecule has 0 unspecified atom stereocenters. The second kappa shape index (κ2) is 5.80. The maximum atomic E-state index is 5.98. The van der Waals surface area contributed by atoms with Gasteiger partial charge in [0.1, 0.15) is 6.33 Å². The van der Waals surface area contributed by atoms with Gasteiger partial charge in [0.25, 0.3) is 0 Å². The molecule has 0 aliphatic rings. The van der Waals surface area contributed by atoms with Crippen molar-refractivity contribution in [1.29, 1.82) is 0 Å². The van der Waals surface area contributed by atoms with Gasteiger partial charge in [-0.3, -0.25) is 0 Å². The molecule has 0 atom stereocenters. The molecule has 0 aliphatic carbocycles. The van der Waals surface area contributed by atoms with Gasteiger partial charge in [0.05, 0.1) is 0 Å². The van der Waals surface area contributed by atoms with Crippen molar-refractivity contribution >= 4 is 34.8 Å². The summed E-state index contributed by atoms with van der Waals surface area (Å²) < 4.78 is 0. The number of hydrogen-bond donors (Lipinski definition) is 0. The van der Waals surface area contributed by atoms with Gasteiger partial charge in [-0.15, -0.1) is 6.58 Å². The molecule has 0 radical (unpaired) electrons. The highest BCUT2D eigenvalue weighted by Gasteiger charge is 2.11. The Kier molecular flexibility index (Phi) is 4.12.